The fourth-order valence-corrected chi connectivity index (χ4v) is 3.80. The van der Waals surface area contributed by atoms with Crippen molar-refractivity contribution in [1.29, 1.82) is 0 Å². The van der Waals surface area contributed by atoms with E-state index in [0.29, 0.717) is 26.1 Å². The van der Waals surface area contributed by atoms with E-state index >= 15 is 0 Å². The lowest BCUT2D eigenvalue weighted by molar-refractivity contribution is 0.597. The second-order valence-corrected chi connectivity index (χ2v) is 7.79. The standard InChI is InChI=1S/C15H23FN2O2S/c1-2-4-17-12-13-9-14(16)11-15(10-13)18-5-3-7-21(19,20)8-6-18/h9-11,17H,2-8,12H2,1H3. The van der Waals surface area contributed by atoms with Crippen molar-refractivity contribution < 1.29 is 12.8 Å². The molecule has 4 nitrogen and oxygen atoms in total. The van der Waals surface area contributed by atoms with Gasteiger partial charge in [0.15, 0.2) is 9.84 Å². The monoisotopic (exact) mass is 314 g/mol. The second kappa shape index (κ2) is 7.22. The van der Waals surface area contributed by atoms with Gasteiger partial charge < -0.3 is 10.2 Å². The van der Waals surface area contributed by atoms with Crippen LogP contribution in [0.1, 0.15) is 25.3 Å². The van der Waals surface area contributed by atoms with E-state index in [1.165, 1.54) is 12.1 Å². The Morgan fingerprint density at radius 3 is 2.81 bits per heavy atom. The second-order valence-electron chi connectivity index (χ2n) is 5.49. The molecular formula is C15H23FN2O2S. The Bertz CT molecular complexity index is 575. The molecule has 6 heteroatoms. The molecule has 0 bridgehead atoms. The molecule has 1 aliphatic rings. The summed E-state index contributed by atoms with van der Waals surface area (Å²) in [5.74, 6) is 0.101. The smallest absolute Gasteiger partial charge is 0.152 e. The molecule has 1 N–H and O–H groups in total. The Balaban J connectivity index is 2.11. The maximum absolute atomic E-state index is 13.8. The van der Waals surface area contributed by atoms with Gasteiger partial charge in [-0.1, -0.05) is 6.92 Å². The van der Waals surface area contributed by atoms with Crippen molar-refractivity contribution in [3.05, 3.63) is 29.6 Å². The number of benzene rings is 1. The molecule has 0 aromatic heterocycles. The van der Waals surface area contributed by atoms with Gasteiger partial charge in [0.25, 0.3) is 0 Å². The summed E-state index contributed by atoms with van der Waals surface area (Å²) in [4.78, 5) is 1.97. The predicted octanol–water partition coefficient (Wildman–Crippen LogP) is 1.95. The van der Waals surface area contributed by atoms with E-state index in [-0.39, 0.29) is 17.3 Å². The molecular weight excluding hydrogens is 291 g/mol. The number of hydrogen-bond donors (Lipinski definition) is 1. The Hall–Kier alpha value is -1.14. The van der Waals surface area contributed by atoms with E-state index in [1.54, 1.807) is 0 Å². The van der Waals surface area contributed by atoms with Gasteiger partial charge in [0.2, 0.25) is 0 Å². The largest absolute Gasteiger partial charge is 0.370 e. The quantitative estimate of drug-likeness (QED) is 0.844. The van der Waals surface area contributed by atoms with Crippen LogP contribution in [0.3, 0.4) is 0 Å². The van der Waals surface area contributed by atoms with Gasteiger partial charge >= 0.3 is 0 Å². The molecule has 0 spiro atoms. The van der Waals surface area contributed by atoms with Gasteiger partial charge in [0.05, 0.1) is 11.5 Å². The summed E-state index contributed by atoms with van der Waals surface area (Å²) in [5, 5.41) is 3.25. The average Bonchev–Trinajstić information content (AvgIpc) is 2.59. The number of halogens is 1. The normalized spacial score (nSPS) is 18.5. The summed E-state index contributed by atoms with van der Waals surface area (Å²) in [6.45, 7) is 4.71. The molecule has 0 atom stereocenters. The minimum atomic E-state index is -2.95. The van der Waals surface area contributed by atoms with Crippen LogP contribution in [0.5, 0.6) is 0 Å². The topological polar surface area (TPSA) is 49.4 Å². The van der Waals surface area contributed by atoms with Gasteiger partial charge in [-0.2, -0.15) is 0 Å². The minimum absolute atomic E-state index is 0.146. The van der Waals surface area contributed by atoms with Gasteiger partial charge in [-0.15, -0.1) is 0 Å². The molecule has 2 rings (SSSR count). The van der Waals surface area contributed by atoms with Gasteiger partial charge in [-0.25, -0.2) is 12.8 Å². The van der Waals surface area contributed by atoms with Crippen LogP contribution < -0.4 is 10.2 Å². The molecule has 0 unspecified atom stereocenters. The first kappa shape index (κ1) is 16.2. The van der Waals surface area contributed by atoms with E-state index in [9.17, 15) is 12.8 Å². The molecule has 0 aliphatic carbocycles. The number of rotatable bonds is 5. The SMILES string of the molecule is CCCNCc1cc(F)cc(N2CCCS(=O)(=O)CC2)c1. The Labute approximate surface area is 126 Å². The lowest BCUT2D eigenvalue weighted by Crippen LogP contribution is -2.27. The number of nitrogens with zero attached hydrogens (tertiary/aromatic N) is 1. The first-order chi connectivity index (χ1) is 10.00. The molecule has 0 radical (unpaired) electrons. The zero-order valence-electron chi connectivity index (χ0n) is 12.4. The fourth-order valence-electron chi connectivity index (χ4n) is 2.52. The zero-order chi connectivity index (χ0) is 15.3. The first-order valence-electron chi connectivity index (χ1n) is 7.46. The zero-order valence-corrected chi connectivity index (χ0v) is 13.3. The lowest BCUT2D eigenvalue weighted by Gasteiger charge is -2.23. The summed E-state index contributed by atoms with van der Waals surface area (Å²) >= 11 is 0. The van der Waals surface area contributed by atoms with Crippen molar-refractivity contribution in [3.8, 4) is 0 Å². The maximum Gasteiger partial charge on any atom is 0.152 e. The highest BCUT2D eigenvalue weighted by Crippen LogP contribution is 2.21. The van der Waals surface area contributed by atoms with Crippen molar-refractivity contribution in [1.82, 2.24) is 5.32 Å². The van der Waals surface area contributed by atoms with Crippen LogP contribution >= 0.6 is 0 Å². The van der Waals surface area contributed by atoms with E-state index < -0.39 is 9.84 Å². The van der Waals surface area contributed by atoms with Crippen LogP contribution in [0.25, 0.3) is 0 Å². The Morgan fingerprint density at radius 1 is 1.24 bits per heavy atom. The summed E-state index contributed by atoms with van der Waals surface area (Å²) in [6, 6.07) is 4.96. The van der Waals surface area contributed by atoms with E-state index in [0.717, 1.165) is 24.2 Å². The summed E-state index contributed by atoms with van der Waals surface area (Å²) < 4.78 is 37.1. The van der Waals surface area contributed by atoms with Crippen LogP contribution in [0, 0.1) is 5.82 Å². The summed E-state index contributed by atoms with van der Waals surface area (Å²) in [5.41, 5.74) is 1.67. The number of nitrogens with one attached hydrogen (secondary N) is 1. The molecule has 1 heterocycles. The first-order valence-corrected chi connectivity index (χ1v) is 9.28. The third-order valence-electron chi connectivity index (χ3n) is 3.62. The van der Waals surface area contributed by atoms with Crippen LogP contribution in [0.2, 0.25) is 0 Å². The van der Waals surface area contributed by atoms with Gasteiger partial charge in [0, 0.05) is 25.3 Å². The average molecular weight is 314 g/mol. The fraction of sp³-hybridized carbons (Fsp3) is 0.600. The van der Waals surface area contributed by atoms with Crippen molar-refractivity contribution in [2.75, 3.05) is 36.0 Å². The molecule has 1 saturated heterocycles. The number of sulfone groups is 1. The van der Waals surface area contributed by atoms with Crippen molar-refractivity contribution in [2.24, 2.45) is 0 Å². The van der Waals surface area contributed by atoms with Crippen LogP contribution in [0.4, 0.5) is 10.1 Å². The predicted molar refractivity (Wildman–Crippen MR) is 83.9 cm³/mol. The Morgan fingerprint density at radius 2 is 2.05 bits per heavy atom. The molecule has 0 amide bonds. The van der Waals surface area contributed by atoms with Crippen molar-refractivity contribution in [3.63, 3.8) is 0 Å². The number of hydrogen-bond acceptors (Lipinski definition) is 4. The molecule has 1 aromatic carbocycles. The van der Waals surface area contributed by atoms with E-state index in [4.69, 9.17) is 0 Å². The highest BCUT2D eigenvalue weighted by molar-refractivity contribution is 7.91. The van der Waals surface area contributed by atoms with Gasteiger partial charge in [-0.05, 0) is 43.1 Å². The molecule has 21 heavy (non-hydrogen) atoms. The molecule has 1 fully saturated rings. The summed E-state index contributed by atoms with van der Waals surface area (Å²) in [6.07, 6.45) is 1.63. The summed E-state index contributed by atoms with van der Waals surface area (Å²) in [7, 11) is -2.95. The molecule has 1 aliphatic heterocycles. The molecule has 0 saturated carbocycles. The highest BCUT2D eigenvalue weighted by Gasteiger charge is 2.19. The van der Waals surface area contributed by atoms with Crippen LogP contribution in [-0.4, -0.2) is 39.6 Å². The third kappa shape index (κ3) is 4.97. The lowest BCUT2D eigenvalue weighted by atomic mass is 10.1. The van der Waals surface area contributed by atoms with Crippen molar-refractivity contribution in [2.45, 2.75) is 26.3 Å². The van der Waals surface area contributed by atoms with Gasteiger partial charge in [0.1, 0.15) is 5.82 Å². The number of anilines is 1. The van der Waals surface area contributed by atoms with E-state index in [2.05, 4.69) is 12.2 Å². The molecule has 118 valence electrons. The highest BCUT2D eigenvalue weighted by atomic mass is 32.2. The molecule has 1 aromatic rings. The minimum Gasteiger partial charge on any atom is -0.370 e. The van der Waals surface area contributed by atoms with Gasteiger partial charge in [-0.3, -0.25) is 0 Å². The van der Waals surface area contributed by atoms with Crippen LogP contribution in [0.15, 0.2) is 18.2 Å². The van der Waals surface area contributed by atoms with E-state index in [1.807, 2.05) is 11.0 Å². The maximum atomic E-state index is 13.8. The van der Waals surface area contributed by atoms with Crippen LogP contribution in [-0.2, 0) is 16.4 Å². The third-order valence-corrected chi connectivity index (χ3v) is 5.33. The Kier molecular flexibility index (Phi) is 5.58. The van der Waals surface area contributed by atoms with Crippen molar-refractivity contribution >= 4 is 15.5 Å².